The number of nitrogens with one attached hydrogen (secondary N) is 2. The summed E-state index contributed by atoms with van der Waals surface area (Å²) in [6.07, 6.45) is 1.93. The van der Waals surface area contributed by atoms with Crippen molar-refractivity contribution in [1.82, 2.24) is 9.97 Å². The summed E-state index contributed by atoms with van der Waals surface area (Å²) in [6, 6.07) is 24.3. The highest BCUT2D eigenvalue weighted by molar-refractivity contribution is 6.31. The Kier molecular flexibility index (Phi) is 6.08. The number of fused-ring (bicyclic) bond motifs is 2. The quantitative estimate of drug-likeness (QED) is 0.270. The van der Waals surface area contributed by atoms with Gasteiger partial charge in [0.1, 0.15) is 0 Å². The number of carbonyl (C=O) groups excluding carboxylic acids is 1. The van der Waals surface area contributed by atoms with Gasteiger partial charge in [0, 0.05) is 33.4 Å². The minimum atomic E-state index is -0.0127. The van der Waals surface area contributed by atoms with Crippen molar-refractivity contribution in [1.29, 1.82) is 0 Å². The summed E-state index contributed by atoms with van der Waals surface area (Å²) in [6.45, 7) is 4.04. The number of amides is 1. The van der Waals surface area contributed by atoms with Gasteiger partial charge in [0.2, 0.25) is 5.91 Å². The number of para-hydroxylation sites is 1. The molecule has 0 bridgehead atoms. The van der Waals surface area contributed by atoms with Gasteiger partial charge in [-0.25, -0.2) is 4.98 Å². The third-order valence-electron chi connectivity index (χ3n) is 6.20. The Morgan fingerprint density at radius 3 is 2.71 bits per heavy atom. The normalized spacial score (nSPS) is 11.3. The van der Waals surface area contributed by atoms with Crippen LogP contribution in [0.4, 0.5) is 5.69 Å². The van der Waals surface area contributed by atoms with Crippen LogP contribution in [-0.2, 0) is 11.2 Å². The van der Waals surface area contributed by atoms with Crippen LogP contribution in [0, 0.1) is 13.8 Å². The summed E-state index contributed by atoms with van der Waals surface area (Å²) in [7, 11) is 0. The van der Waals surface area contributed by atoms with Crippen molar-refractivity contribution in [3.05, 3.63) is 94.5 Å². The number of hydrogen-bond donors (Lipinski definition) is 2. The van der Waals surface area contributed by atoms with Gasteiger partial charge in [-0.15, -0.1) is 0 Å². The average molecular weight is 468 g/mol. The van der Waals surface area contributed by atoms with Crippen molar-refractivity contribution < 1.29 is 4.79 Å². The Labute approximate surface area is 204 Å². The lowest BCUT2D eigenvalue weighted by Gasteiger charge is -2.08. The fraction of sp³-hybridized carbons (Fsp3) is 0.172. The molecule has 0 aliphatic rings. The lowest BCUT2D eigenvalue weighted by molar-refractivity contribution is -0.116. The highest BCUT2D eigenvalue weighted by atomic mass is 35.5. The lowest BCUT2D eigenvalue weighted by atomic mass is 10.0. The maximum atomic E-state index is 12.6. The molecule has 2 N–H and O–H groups in total. The van der Waals surface area contributed by atoms with Crippen LogP contribution in [-0.4, -0.2) is 15.9 Å². The Morgan fingerprint density at radius 1 is 1.00 bits per heavy atom. The van der Waals surface area contributed by atoms with Crippen LogP contribution in [0.25, 0.3) is 33.2 Å². The molecule has 0 saturated heterocycles. The van der Waals surface area contributed by atoms with E-state index in [9.17, 15) is 4.79 Å². The van der Waals surface area contributed by atoms with Crippen molar-refractivity contribution >= 4 is 45.0 Å². The largest absolute Gasteiger partial charge is 0.353 e. The molecular formula is C29H26ClN3O. The zero-order valence-electron chi connectivity index (χ0n) is 19.3. The van der Waals surface area contributed by atoms with E-state index in [2.05, 4.69) is 53.6 Å². The summed E-state index contributed by atoms with van der Waals surface area (Å²) in [4.78, 5) is 21.1. The summed E-state index contributed by atoms with van der Waals surface area (Å²) in [5.41, 5.74) is 8.13. The first-order valence-electron chi connectivity index (χ1n) is 11.5. The predicted molar refractivity (Wildman–Crippen MR) is 142 cm³/mol. The summed E-state index contributed by atoms with van der Waals surface area (Å²) in [5.74, 6) is -0.0127. The van der Waals surface area contributed by atoms with Crippen LogP contribution in [0.1, 0.15) is 29.5 Å². The molecule has 3 aromatic carbocycles. The summed E-state index contributed by atoms with van der Waals surface area (Å²) < 4.78 is 0. The van der Waals surface area contributed by atoms with Gasteiger partial charge in [-0.1, -0.05) is 53.6 Å². The van der Waals surface area contributed by atoms with E-state index in [1.54, 1.807) is 6.07 Å². The predicted octanol–water partition coefficient (Wildman–Crippen LogP) is 7.61. The first-order valence-corrected chi connectivity index (χ1v) is 11.9. The van der Waals surface area contributed by atoms with Gasteiger partial charge >= 0.3 is 0 Å². The van der Waals surface area contributed by atoms with Crippen molar-refractivity contribution in [3.63, 3.8) is 0 Å². The van der Waals surface area contributed by atoms with Crippen LogP contribution >= 0.6 is 11.6 Å². The number of aromatic nitrogens is 2. The van der Waals surface area contributed by atoms with Gasteiger partial charge in [0.05, 0.1) is 16.9 Å². The van der Waals surface area contributed by atoms with Crippen LogP contribution < -0.4 is 5.32 Å². The molecule has 5 rings (SSSR count). The average Bonchev–Trinajstić information content (AvgIpc) is 3.19. The molecule has 2 heterocycles. The van der Waals surface area contributed by atoms with Crippen molar-refractivity contribution in [2.75, 3.05) is 5.32 Å². The van der Waals surface area contributed by atoms with E-state index >= 15 is 0 Å². The van der Waals surface area contributed by atoms with Crippen molar-refractivity contribution in [2.24, 2.45) is 0 Å². The molecule has 34 heavy (non-hydrogen) atoms. The van der Waals surface area contributed by atoms with Gasteiger partial charge in [-0.3, -0.25) is 4.79 Å². The molecule has 0 atom stereocenters. The van der Waals surface area contributed by atoms with Gasteiger partial charge in [0.25, 0.3) is 0 Å². The third-order valence-corrected chi connectivity index (χ3v) is 6.61. The molecule has 2 aromatic heterocycles. The second-order valence-corrected chi connectivity index (χ2v) is 9.19. The second-order valence-electron chi connectivity index (χ2n) is 8.78. The molecule has 4 nitrogen and oxygen atoms in total. The molecule has 0 saturated carbocycles. The van der Waals surface area contributed by atoms with Gasteiger partial charge < -0.3 is 10.3 Å². The number of rotatable bonds is 6. The molecule has 0 radical (unpaired) electrons. The van der Waals surface area contributed by atoms with E-state index in [1.165, 1.54) is 16.5 Å². The number of anilines is 1. The molecule has 0 spiro atoms. The van der Waals surface area contributed by atoms with Gasteiger partial charge in [-0.2, -0.15) is 0 Å². The number of benzene rings is 3. The molecule has 1 amide bonds. The Bertz CT molecular complexity index is 1520. The number of hydrogen-bond acceptors (Lipinski definition) is 2. The zero-order valence-corrected chi connectivity index (χ0v) is 20.0. The number of halogens is 1. The van der Waals surface area contributed by atoms with Crippen LogP contribution in [0.15, 0.2) is 72.8 Å². The molecule has 0 aliphatic carbocycles. The van der Waals surface area contributed by atoms with E-state index in [4.69, 9.17) is 16.6 Å². The fourth-order valence-electron chi connectivity index (χ4n) is 4.36. The van der Waals surface area contributed by atoms with E-state index in [0.717, 1.165) is 51.9 Å². The zero-order chi connectivity index (χ0) is 23.7. The van der Waals surface area contributed by atoms with Gasteiger partial charge in [-0.05, 0) is 74.2 Å². The minimum absolute atomic E-state index is 0.0127. The number of carbonyl (C=O) groups is 1. The molecule has 0 aliphatic heterocycles. The molecule has 0 unspecified atom stereocenters. The molecular weight excluding hydrogens is 442 g/mol. The maximum absolute atomic E-state index is 12.6. The van der Waals surface area contributed by atoms with Crippen LogP contribution in [0.5, 0.6) is 0 Å². The number of aromatic amines is 1. The standard InChI is InChI=1S/C29H26ClN3O/c1-18-10-14-26-23(16-18)22(7-5-9-28(34)31-21-13-11-19(2)24(30)17-21)29(33-26)27-15-12-20-6-3-4-8-25(20)32-27/h3-4,6,8,10-17,33H,5,7,9H2,1-2H3,(H,31,34). The molecule has 5 aromatic rings. The Balaban J connectivity index is 1.39. The highest BCUT2D eigenvalue weighted by Gasteiger charge is 2.15. The van der Waals surface area contributed by atoms with E-state index in [1.807, 2.05) is 37.3 Å². The van der Waals surface area contributed by atoms with E-state index in [0.29, 0.717) is 11.4 Å². The van der Waals surface area contributed by atoms with Crippen molar-refractivity contribution in [2.45, 2.75) is 33.1 Å². The SMILES string of the molecule is Cc1ccc2[nH]c(-c3ccc4ccccc4n3)c(CCCC(=O)Nc3ccc(C)c(Cl)c3)c2c1. The van der Waals surface area contributed by atoms with Gasteiger partial charge in [0.15, 0.2) is 0 Å². The first-order chi connectivity index (χ1) is 16.5. The number of aryl methyl sites for hydroxylation is 3. The fourth-order valence-corrected chi connectivity index (χ4v) is 4.55. The van der Waals surface area contributed by atoms with E-state index in [-0.39, 0.29) is 5.91 Å². The molecule has 0 fully saturated rings. The Hall–Kier alpha value is -3.63. The lowest BCUT2D eigenvalue weighted by Crippen LogP contribution is -2.11. The van der Waals surface area contributed by atoms with Crippen LogP contribution in [0.2, 0.25) is 5.02 Å². The number of H-pyrrole nitrogens is 1. The van der Waals surface area contributed by atoms with Crippen molar-refractivity contribution in [3.8, 4) is 11.4 Å². The monoisotopic (exact) mass is 467 g/mol. The number of pyridine rings is 1. The molecule has 5 heteroatoms. The third kappa shape index (κ3) is 4.55. The summed E-state index contributed by atoms with van der Waals surface area (Å²) in [5, 5.41) is 5.92. The molecule has 170 valence electrons. The Morgan fingerprint density at radius 2 is 1.85 bits per heavy atom. The maximum Gasteiger partial charge on any atom is 0.224 e. The highest BCUT2D eigenvalue weighted by Crippen LogP contribution is 2.32. The number of nitrogens with zero attached hydrogens (tertiary/aromatic N) is 1. The minimum Gasteiger partial charge on any atom is -0.353 e. The smallest absolute Gasteiger partial charge is 0.224 e. The van der Waals surface area contributed by atoms with Crippen LogP contribution in [0.3, 0.4) is 0 Å². The second kappa shape index (κ2) is 9.32. The summed E-state index contributed by atoms with van der Waals surface area (Å²) >= 11 is 6.19. The first kappa shape index (κ1) is 22.2. The topological polar surface area (TPSA) is 57.8 Å². The van der Waals surface area contributed by atoms with E-state index < -0.39 is 0 Å².